The Labute approximate surface area is 121 Å². The van der Waals surface area contributed by atoms with Gasteiger partial charge in [-0.25, -0.2) is 0 Å². The molecule has 0 saturated carbocycles. The van der Waals surface area contributed by atoms with E-state index in [-0.39, 0.29) is 6.61 Å². The van der Waals surface area contributed by atoms with Gasteiger partial charge in [-0.05, 0) is 38.4 Å². The molecular weight excluding hydrogens is 252 g/mol. The minimum atomic E-state index is 0.206. The van der Waals surface area contributed by atoms with Crippen molar-refractivity contribution in [2.75, 3.05) is 39.4 Å². The molecule has 2 N–H and O–H groups in total. The van der Waals surface area contributed by atoms with E-state index in [1.807, 2.05) is 12.1 Å². The third kappa shape index (κ3) is 5.12. The first kappa shape index (κ1) is 15.3. The molecule has 1 fully saturated rings. The minimum Gasteiger partial charge on any atom is -0.492 e. The van der Waals surface area contributed by atoms with E-state index < -0.39 is 0 Å². The van der Waals surface area contributed by atoms with Gasteiger partial charge in [-0.1, -0.05) is 17.7 Å². The van der Waals surface area contributed by atoms with Crippen LogP contribution >= 0.6 is 0 Å². The highest BCUT2D eigenvalue weighted by atomic mass is 16.5. The molecule has 4 nitrogen and oxygen atoms in total. The van der Waals surface area contributed by atoms with E-state index in [2.05, 4.69) is 29.3 Å². The Morgan fingerprint density at radius 1 is 1.30 bits per heavy atom. The highest BCUT2D eigenvalue weighted by Crippen LogP contribution is 2.11. The zero-order chi connectivity index (χ0) is 14.2. The van der Waals surface area contributed by atoms with E-state index in [0.717, 1.165) is 31.9 Å². The first-order valence-corrected chi connectivity index (χ1v) is 7.54. The fraction of sp³-hybridized carbons (Fsp3) is 0.625. The van der Waals surface area contributed by atoms with Gasteiger partial charge >= 0.3 is 0 Å². The molecule has 1 saturated heterocycles. The first-order valence-electron chi connectivity index (χ1n) is 7.54. The molecule has 0 amide bonds. The van der Waals surface area contributed by atoms with Crippen molar-refractivity contribution in [1.82, 2.24) is 10.2 Å². The monoisotopic (exact) mass is 278 g/mol. The van der Waals surface area contributed by atoms with Gasteiger partial charge < -0.3 is 15.2 Å². The van der Waals surface area contributed by atoms with E-state index in [1.165, 1.54) is 18.4 Å². The molecule has 1 aliphatic rings. The Morgan fingerprint density at radius 3 is 2.75 bits per heavy atom. The topological polar surface area (TPSA) is 44.7 Å². The van der Waals surface area contributed by atoms with Gasteiger partial charge in [0.25, 0.3) is 0 Å². The number of nitrogens with one attached hydrogen (secondary N) is 1. The molecule has 20 heavy (non-hydrogen) atoms. The van der Waals surface area contributed by atoms with E-state index in [0.29, 0.717) is 12.6 Å². The lowest BCUT2D eigenvalue weighted by atomic mass is 10.2. The highest BCUT2D eigenvalue weighted by Gasteiger charge is 2.17. The minimum absolute atomic E-state index is 0.206. The predicted octanol–water partition coefficient (Wildman–Crippen LogP) is 1.42. The second kappa shape index (κ2) is 8.25. The Hall–Kier alpha value is -1.10. The zero-order valence-corrected chi connectivity index (χ0v) is 12.3. The van der Waals surface area contributed by atoms with Crippen LogP contribution in [-0.4, -0.2) is 55.4 Å². The predicted molar refractivity (Wildman–Crippen MR) is 81.2 cm³/mol. The third-order valence-corrected chi connectivity index (χ3v) is 3.75. The summed E-state index contributed by atoms with van der Waals surface area (Å²) in [6.07, 6.45) is 2.50. The van der Waals surface area contributed by atoms with Crippen molar-refractivity contribution in [3.05, 3.63) is 29.8 Å². The van der Waals surface area contributed by atoms with Crippen molar-refractivity contribution in [3.63, 3.8) is 0 Å². The summed E-state index contributed by atoms with van der Waals surface area (Å²) < 4.78 is 5.76. The van der Waals surface area contributed by atoms with Crippen LogP contribution in [0.1, 0.15) is 18.4 Å². The van der Waals surface area contributed by atoms with Crippen LogP contribution in [0.5, 0.6) is 5.75 Å². The molecule has 112 valence electrons. The summed E-state index contributed by atoms with van der Waals surface area (Å²) in [5, 5.41) is 12.7. The van der Waals surface area contributed by atoms with E-state index in [4.69, 9.17) is 9.84 Å². The number of hydrogen-bond donors (Lipinski definition) is 2. The quantitative estimate of drug-likeness (QED) is 0.755. The molecule has 0 spiro atoms. The molecule has 1 unspecified atom stereocenters. The van der Waals surface area contributed by atoms with Crippen molar-refractivity contribution < 1.29 is 9.84 Å². The maximum absolute atomic E-state index is 9.15. The van der Waals surface area contributed by atoms with Gasteiger partial charge in [0.15, 0.2) is 0 Å². The van der Waals surface area contributed by atoms with Crippen LogP contribution in [0.15, 0.2) is 24.3 Å². The van der Waals surface area contributed by atoms with Crippen molar-refractivity contribution in [3.8, 4) is 5.75 Å². The third-order valence-electron chi connectivity index (χ3n) is 3.75. The molecule has 1 aromatic carbocycles. The average Bonchev–Trinajstić information content (AvgIpc) is 2.94. The van der Waals surface area contributed by atoms with Crippen LogP contribution < -0.4 is 10.1 Å². The van der Waals surface area contributed by atoms with Gasteiger partial charge in [0, 0.05) is 25.7 Å². The van der Waals surface area contributed by atoms with Crippen molar-refractivity contribution >= 4 is 0 Å². The summed E-state index contributed by atoms with van der Waals surface area (Å²) in [6.45, 7) is 6.63. The number of nitrogens with zero attached hydrogens (tertiary/aromatic N) is 1. The number of hydrogen-bond acceptors (Lipinski definition) is 4. The number of ether oxygens (including phenoxy) is 1. The van der Waals surface area contributed by atoms with E-state index in [9.17, 15) is 0 Å². The summed E-state index contributed by atoms with van der Waals surface area (Å²) in [6, 6.07) is 8.70. The van der Waals surface area contributed by atoms with Crippen molar-refractivity contribution in [1.29, 1.82) is 0 Å². The normalized spacial score (nSPS) is 18.6. The first-order chi connectivity index (χ1) is 9.78. The van der Waals surface area contributed by atoms with Crippen molar-refractivity contribution in [2.45, 2.75) is 25.8 Å². The van der Waals surface area contributed by atoms with E-state index >= 15 is 0 Å². The largest absolute Gasteiger partial charge is 0.492 e. The molecule has 0 aliphatic carbocycles. The van der Waals surface area contributed by atoms with Crippen LogP contribution in [0.2, 0.25) is 0 Å². The molecule has 2 rings (SSSR count). The maximum Gasteiger partial charge on any atom is 0.119 e. The number of aryl methyl sites for hydroxylation is 1. The van der Waals surface area contributed by atoms with Crippen LogP contribution in [0.3, 0.4) is 0 Å². The number of aliphatic hydroxyl groups excluding tert-OH is 1. The van der Waals surface area contributed by atoms with Gasteiger partial charge in [-0.15, -0.1) is 0 Å². The second-order valence-corrected chi connectivity index (χ2v) is 5.48. The van der Waals surface area contributed by atoms with Gasteiger partial charge in [-0.2, -0.15) is 0 Å². The summed E-state index contributed by atoms with van der Waals surface area (Å²) in [5.74, 6) is 0.915. The fourth-order valence-electron chi connectivity index (χ4n) is 2.59. The van der Waals surface area contributed by atoms with Gasteiger partial charge in [0.1, 0.15) is 12.4 Å². The molecule has 4 heteroatoms. The second-order valence-electron chi connectivity index (χ2n) is 5.48. The Morgan fingerprint density at radius 2 is 2.10 bits per heavy atom. The van der Waals surface area contributed by atoms with E-state index in [1.54, 1.807) is 0 Å². The molecule has 0 aromatic heterocycles. The molecule has 1 aromatic rings. The Kier molecular flexibility index (Phi) is 6.30. The average molecular weight is 278 g/mol. The summed E-state index contributed by atoms with van der Waals surface area (Å²) in [5.41, 5.74) is 1.24. The molecule has 0 radical (unpaired) electrons. The lowest BCUT2D eigenvalue weighted by Crippen LogP contribution is -2.40. The highest BCUT2D eigenvalue weighted by molar-refractivity contribution is 5.26. The van der Waals surface area contributed by atoms with Crippen LogP contribution in [0.4, 0.5) is 0 Å². The fourth-order valence-corrected chi connectivity index (χ4v) is 2.59. The standard InChI is InChI=1S/C16H26N2O2/c1-14-4-6-16(7-5-14)20-12-10-18(9-11-19)13-15-3-2-8-17-15/h4-7,15,17,19H,2-3,8-13H2,1H3. The zero-order valence-electron chi connectivity index (χ0n) is 12.3. The van der Waals surface area contributed by atoms with Crippen LogP contribution in [-0.2, 0) is 0 Å². The summed E-state index contributed by atoms with van der Waals surface area (Å²) in [7, 11) is 0. The van der Waals surface area contributed by atoms with Gasteiger partial charge in [0.2, 0.25) is 0 Å². The number of benzene rings is 1. The summed E-state index contributed by atoms with van der Waals surface area (Å²) >= 11 is 0. The molecule has 1 atom stereocenters. The van der Waals surface area contributed by atoms with Crippen LogP contribution in [0.25, 0.3) is 0 Å². The Balaban J connectivity index is 1.72. The molecule has 0 bridgehead atoms. The molecule has 1 aliphatic heterocycles. The Bertz CT molecular complexity index is 375. The smallest absolute Gasteiger partial charge is 0.119 e. The summed E-state index contributed by atoms with van der Waals surface area (Å²) in [4.78, 5) is 2.27. The van der Waals surface area contributed by atoms with Gasteiger partial charge in [0.05, 0.1) is 6.61 Å². The van der Waals surface area contributed by atoms with Gasteiger partial charge in [-0.3, -0.25) is 4.90 Å². The SMILES string of the molecule is Cc1ccc(OCCN(CCO)CC2CCCN2)cc1. The molecule has 1 heterocycles. The lowest BCUT2D eigenvalue weighted by Gasteiger charge is -2.24. The molecular formula is C16H26N2O2. The maximum atomic E-state index is 9.15. The van der Waals surface area contributed by atoms with Crippen molar-refractivity contribution in [2.24, 2.45) is 0 Å². The number of rotatable bonds is 8. The lowest BCUT2D eigenvalue weighted by molar-refractivity contribution is 0.159. The van der Waals surface area contributed by atoms with Crippen LogP contribution in [0, 0.1) is 6.92 Å². The number of aliphatic hydroxyl groups is 1.